The smallest absolute Gasteiger partial charge is 0.261 e. The van der Waals surface area contributed by atoms with Crippen LogP contribution in [0.5, 0.6) is 0 Å². The highest BCUT2D eigenvalue weighted by Crippen LogP contribution is 2.32. The number of aryl methyl sites for hydroxylation is 1. The van der Waals surface area contributed by atoms with Crippen LogP contribution in [0.1, 0.15) is 18.2 Å². The van der Waals surface area contributed by atoms with Crippen LogP contribution in [0.4, 0.5) is 17.6 Å². The highest BCUT2D eigenvalue weighted by atomic mass is 19.4. The second-order valence-corrected chi connectivity index (χ2v) is 3.95. The lowest BCUT2D eigenvalue weighted by Gasteiger charge is -2.12. The lowest BCUT2D eigenvalue weighted by molar-refractivity contribution is -0.141. The molecule has 0 bridgehead atoms. The molecular formula is C13H10F4N2. The summed E-state index contributed by atoms with van der Waals surface area (Å²) in [4.78, 5) is 7.19. The zero-order chi connectivity index (χ0) is 14.0. The van der Waals surface area contributed by atoms with E-state index in [-0.39, 0.29) is 23.2 Å². The number of aromatic nitrogens is 2. The van der Waals surface area contributed by atoms with Gasteiger partial charge in [-0.25, -0.2) is 9.37 Å². The molecule has 0 radical (unpaired) electrons. The van der Waals surface area contributed by atoms with Gasteiger partial charge in [-0.1, -0.05) is 13.0 Å². The molecule has 2 aromatic rings. The largest absolute Gasteiger partial charge is 0.433 e. The highest BCUT2D eigenvalue weighted by molar-refractivity contribution is 5.58. The third-order valence-corrected chi connectivity index (χ3v) is 2.63. The Bertz CT molecular complexity index is 593. The summed E-state index contributed by atoms with van der Waals surface area (Å²) in [5, 5.41) is 0. The fraction of sp³-hybridized carbons (Fsp3) is 0.231. The number of rotatable bonds is 2. The van der Waals surface area contributed by atoms with Gasteiger partial charge in [-0.2, -0.15) is 13.2 Å². The monoisotopic (exact) mass is 270 g/mol. The van der Waals surface area contributed by atoms with E-state index in [4.69, 9.17) is 0 Å². The maximum Gasteiger partial charge on any atom is 0.433 e. The van der Waals surface area contributed by atoms with Crippen LogP contribution in [0, 0.1) is 5.82 Å². The summed E-state index contributed by atoms with van der Waals surface area (Å²) in [6.45, 7) is 1.62. The Balaban J connectivity index is 2.55. The zero-order valence-corrected chi connectivity index (χ0v) is 10.0. The van der Waals surface area contributed by atoms with Gasteiger partial charge in [-0.05, 0) is 24.1 Å². The first-order valence-electron chi connectivity index (χ1n) is 5.60. The van der Waals surface area contributed by atoms with E-state index < -0.39 is 17.7 Å². The summed E-state index contributed by atoms with van der Waals surface area (Å²) in [6.07, 6.45) is -2.04. The van der Waals surface area contributed by atoms with Gasteiger partial charge in [0.05, 0.1) is 11.9 Å². The lowest BCUT2D eigenvalue weighted by Crippen LogP contribution is -2.12. The minimum absolute atomic E-state index is 0.0523. The van der Waals surface area contributed by atoms with Crippen LogP contribution in [0.25, 0.3) is 11.3 Å². The fourth-order valence-corrected chi connectivity index (χ4v) is 1.73. The molecular weight excluding hydrogens is 260 g/mol. The standard InChI is InChI=1S/C13H10F4N2/c1-2-8-3-4-11(19-12(8)13(15,16)17)9-5-10(14)7-18-6-9/h3-7H,2H2,1H3. The van der Waals surface area contributed by atoms with Crippen LogP contribution in [0.2, 0.25) is 0 Å². The van der Waals surface area contributed by atoms with Crippen LogP contribution >= 0.6 is 0 Å². The number of hydrogen-bond donors (Lipinski definition) is 0. The van der Waals surface area contributed by atoms with Crippen molar-refractivity contribution in [1.29, 1.82) is 0 Å². The van der Waals surface area contributed by atoms with Crippen molar-refractivity contribution >= 4 is 0 Å². The van der Waals surface area contributed by atoms with Crippen molar-refractivity contribution in [3.05, 3.63) is 47.7 Å². The Labute approximate surface area is 107 Å². The molecule has 100 valence electrons. The average molecular weight is 270 g/mol. The molecule has 0 unspecified atom stereocenters. The summed E-state index contributed by atoms with van der Waals surface area (Å²) in [7, 11) is 0. The molecule has 0 aromatic carbocycles. The van der Waals surface area contributed by atoms with Crippen molar-refractivity contribution in [3.63, 3.8) is 0 Å². The molecule has 0 amide bonds. The number of halogens is 4. The van der Waals surface area contributed by atoms with Crippen molar-refractivity contribution in [2.45, 2.75) is 19.5 Å². The number of alkyl halides is 3. The van der Waals surface area contributed by atoms with Gasteiger partial charge in [0.2, 0.25) is 0 Å². The summed E-state index contributed by atoms with van der Waals surface area (Å²) >= 11 is 0. The third-order valence-electron chi connectivity index (χ3n) is 2.63. The molecule has 0 saturated carbocycles. The molecule has 0 aliphatic rings. The molecule has 6 heteroatoms. The predicted octanol–water partition coefficient (Wildman–Crippen LogP) is 3.86. The summed E-state index contributed by atoms with van der Waals surface area (Å²) in [5.41, 5.74) is -0.554. The first-order valence-corrected chi connectivity index (χ1v) is 5.60. The number of hydrogen-bond acceptors (Lipinski definition) is 2. The molecule has 0 atom stereocenters. The van der Waals surface area contributed by atoms with Crippen LogP contribution in [0.3, 0.4) is 0 Å². The van der Waals surface area contributed by atoms with Crippen molar-refractivity contribution in [2.24, 2.45) is 0 Å². The Morgan fingerprint density at radius 3 is 2.47 bits per heavy atom. The molecule has 0 fully saturated rings. The highest BCUT2D eigenvalue weighted by Gasteiger charge is 2.35. The molecule has 0 aliphatic carbocycles. The van der Waals surface area contributed by atoms with Crippen molar-refractivity contribution < 1.29 is 17.6 Å². The lowest BCUT2D eigenvalue weighted by atomic mass is 10.1. The topological polar surface area (TPSA) is 25.8 Å². The molecule has 0 N–H and O–H groups in total. The predicted molar refractivity (Wildman–Crippen MR) is 61.8 cm³/mol. The van der Waals surface area contributed by atoms with E-state index in [1.165, 1.54) is 18.3 Å². The molecule has 0 aliphatic heterocycles. The molecule has 0 spiro atoms. The number of nitrogens with zero attached hydrogens (tertiary/aromatic N) is 2. The Morgan fingerprint density at radius 1 is 1.16 bits per heavy atom. The van der Waals surface area contributed by atoms with E-state index in [2.05, 4.69) is 9.97 Å². The van der Waals surface area contributed by atoms with Crippen LogP contribution < -0.4 is 0 Å². The Kier molecular flexibility index (Phi) is 3.50. The molecule has 0 saturated heterocycles. The van der Waals surface area contributed by atoms with E-state index in [0.29, 0.717) is 0 Å². The Hall–Kier alpha value is -1.98. The van der Waals surface area contributed by atoms with Gasteiger partial charge in [0, 0.05) is 11.8 Å². The first-order chi connectivity index (χ1) is 8.91. The van der Waals surface area contributed by atoms with E-state index in [1.54, 1.807) is 6.92 Å². The van der Waals surface area contributed by atoms with Gasteiger partial charge in [-0.3, -0.25) is 4.98 Å². The normalized spacial score (nSPS) is 11.6. The van der Waals surface area contributed by atoms with Gasteiger partial charge in [0.1, 0.15) is 11.5 Å². The fourth-order valence-electron chi connectivity index (χ4n) is 1.73. The molecule has 2 rings (SSSR count). The van der Waals surface area contributed by atoms with E-state index in [1.807, 2.05) is 0 Å². The second-order valence-electron chi connectivity index (χ2n) is 3.95. The third kappa shape index (κ3) is 2.89. The molecule has 2 aromatic heterocycles. The minimum atomic E-state index is -4.53. The van der Waals surface area contributed by atoms with E-state index in [9.17, 15) is 17.6 Å². The van der Waals surface area contributed by atoms with Crippen molar-refractivity contribution in [1.82, 2.24) is 9.97 Å². The summed E-state index contributed by atoms with van der Waals surface area (Å²) < 4.78 is 51.6. The molecule has 2 heterocycles. The Morgan fingerprint density at radius 2 is 1.89 bits per heavy atom. The number of pyridine rings is 2. The van der Waals surface area contributed by atoms with Crippen molar-refractivity contribution in [2.75, 3.05) is 0 Å². The maximum atomic E-state index is 13.0. The van der Waals surface area contributed by atoms with Crippen LogP contribution in [-0.2, 0) is 12.6 Å². The van der Waals surface area contributed by atoms with Gasteiger partial charge in [0.25, 0.3) is 0 Å². The van der Waals surface area contributed by atoms with Gasteiger partial charge in [0.15, 0.2) is 0 Å². The quantitative estimate of drug-likeness (QED) is 0.774. The molecule has 2 nitrogen and oxygen atoms in total. The van der Waals surface area contributed by atoms with Gasteiger partial charge < -0.3 is 0 Å². The molecule has 19 heavy (non-hydrogen) atoms. The maximum absolute atomic E-state index is 13.0. The van der Waals surface area contributed by atoms with Crippen LogP contribution in [-0.4, -0.2) is 9.97 Å². The van der Waals surface area contributed by atoms with Crippen LogP contribution in [0.15, 0.2) is 30.6 Å². The van der Waals surface area contributed by atoms with Gasteiger partial charge in [-0.15, -0.1) is 0 Å². The second kappa shape index (κ2) is 4.95. The minimum Gasteiger partial charge on any atom is -0.261 e. The SMILES string of the molecule is CCc1ccc(-c2cncc(F)c2)nc1C(F)(F)F. The van der Waals surface area contributed by atoms with E-state index in [0.717, 1.165) is 12.3 Å². The first kappa shape index (κ1) is 13.5. The summed E-state index contributed by atoms with van der Waals surface area (Å²) in [6, 6.07) is 3.89. The van der Waals surface area contributed by atoms with Gasteiger partial charge >= 0.3 is 6.18 Å². The van der Waals surface area contributed by atoms with Crippen molar-refractivity contribution in [3.8, 4) is 11.3 Å². The summed E-state index contributed by atoms with van der Waals surface area (Å²) in [5.74, 6) is -0.618. The zero-order valence-electron chi connectivity index (χ0n) is 10.0. The van der Waals surface area contributed by atoms with E-state index >= 15 is 0 Å². The average Bonchev–Trinajstić information content (AvgIpc) is 2.37.